The molecule has 0 fully saturated rings. The molecule has 0 amide bonds. The van der Waals surface area contributed by atoms with E-state index in [0.29, 0.717) is 5.75 Å². The van der Waals surface area contributed by atoms with E-state index in [9.17, 15) is 15.3 Å². The summed E-state index contributed by atoms with van der Waals surface area (Å²) >= 11 is 0. The van der Waals surface area contributed by atoms with Crippen molar-refractivity contribution in [2.75, 3.05) is 0 Å². The van der Waals surface area contributed by atoms with E-state index in [-0.39, 0.29) is 23.3 Å². The predicted molar refractivity (Wildman–Crippen MR) is 150 cm³/mol. The van der Waals surface area contributed by atoms with Gasteiger partial charge in [0.15, 0.2) is 0 Å². The Morgan fingerprint density at radius 2 is 1.36 bits per heavy atom. The molecule has 0 aliphatic carbocycles. The number of rotatable bonds is 8. The molecule has 0 saturated carbocycles. The van der Waals surface area contributed by atoms with Crippen molar-refractivity contribution in [3.63, 3.8) is 0 Å². The van der Waals surface area contributed by atoms with Crippen LogP contribution in [-0.4, -0.2) is 15.3 Å². The van der Waals surface area contributed by atoms with Gasteiger partial charge in [-0.2, -0.15) is 0 Å². The molecule has 3 nitrogen and oxygen atoms in total. The number of hydrogen-bond donors (Lipinski definition) is 3. The van der Waals surface area contributed by atoms with Crippen LogP contribution in [0.4, 0.5) is 0 Å². The fraction of sp³-hybridized carbons (Fsp3) is 0.273. The van der Waals surface area contributed by atoms with Gasteiger partial charge in [0.1, 0.15) is 17.3 Å². The molecule has 0 heterocycles. The lowest BCUT2D eigenvalue weighted by Crippen LogP contribution is -2.12. The molecule has 0 radical (unpaired) electrons. The third-order valence-electron chi connectivity index (χ3n) is 7.12. The molecular formula is C33H38O3. The summed E-state index contributed by atoms with van der Waals surface area (Å²) in [6.45, 7) is 16.0. The van der Waals surface area contributed by atoms with Crippen molar-refractivity contribution in [2.45, 2.75) is 59.8 Å². The van der Waals surface area contributed by atoms with Crippen molar-refractivity contribution in [2.24, 2.45) is 0 Å². The largest absolute Gasteiger partial charge is 0.508 e. The van der Waals surface area contributed by atoms with Gasteiger partial charge in [0.2, 0.25) is 0 Å². The lowest BCUT2D eigenvalue weighted by Gasteiger charge is -2.29. The number of allylic oxidation sites excluding steroid dienone is 4. The van der Waals surface area contributed by atoms with E-state index in [1.807, 2.05) is 65.8 Å². The summed E-state index contributed by atoms with van der Waals surface area (Å²) in [6.07, 6.45) is 4.37. The van der Waals surface area contributed by atoms with E-state index in [1.54, 1.807) is 6.08 Å². The van der Waals surface area contributed by atoms with Gasteiger partial charge in [-0.05, 0) is 116 Å². The van der Waals surface area contributed by atoms with Crippen LogP contribution in [0.5, 0.6) is 11.5 Å². The number of aromatic hydroxyl groups is 2. The highest BCUT2D eigenvalue weighted by molar-refractivity contribution is 5.50. The first-order chi connectivity index (χ1) is 17.0. The van der Waals surface area contributed by atoms with Gasteiger partial charge < -0.3 is 15.3 Å². The average molecular weight is 483 g/mol. The van der Waals surface area contributed by atoms with E-state index < -0.39 is 0 Å². The molecule has 2 atom stereocenters. The summed E-state index contributed by atoms with van der Waals surface area (Å²) in [5.74, 6) is 0.795. The molecule has 0 aromatic heterocycles. The Balaban J connectivity index is 2.22. The van der Waals surface area contributed by atoms with Crippen LogP contribution in [0, 0.1) is 27.7 Å². The fourth-order valence-corrected chi connectivity index (χ4v) is 4.92. The van der Waals surface area contributed by atoms with Gasteiger partial charge >= 0.3 is 0 Å². The zero-order valence-corrected chi connectivity index (χ0v) is 22.3. The van der Waals surface area contributed by atoms with Crippen molar-refractivity contribution in [1.82, 2.24) is 0 Å². The highest BCUT2D eigenvalue weighted by atomic mass is 16.3. The molecular weight excluding hydrogens is 444 g/mol. The topological polar surface area (TPSA) is 60.7 Å². The first-order valence-electron chi connectivity index (χ1n) is 12.4. The zero-order chi connectivity index (χ0) is 26.6. The highest BCUT2D eigenvalue weighted by Crippen LogP contribution is 2.43. The van der Waals surface area contributed by atoms with E-state index in [2.05, 4.69) is 43.0 Å². The first kappa shape index (κ1) is 26.9. The molecule has 3 rings (SSSR count). The first-order valence-corrected chi connectivity index (χ1v) is 12.4. The van der Waals surface area contributed by atoms with Gasteiger partial charge in [-0.25, -0.2) is 0 Å². The summed E-state index contributed by atoms with van der Waals surface area (Å²) in [4.78, 5) is 0. The van der Waals surface area contributed by atoms with Gasteiger partial charge in [-0.1, -0.05) is 55.1 Å². The summed E-state index contributed by atoms with van der Waals surface area (Å²) in [7, 11) is 0. The maximum Gasteiger partial charge on any atom is 0.118 e. The third-order valence-corrected chi connectivity index (χ3v) is 7.12. The molecule has 2 unspecified atom stereocenters. The number of phenolic OH excluding ortho intramolecular Hbond substituents is 2. The summed E-state index contributed by atoms with van der Waals surface area (Å²) in [5.41, 5.74) is 8.80. The van der Waals surface area contributed by atoms with Crippen molar-refractivity contribution < 1.29 is 15.3 Å². The van der Waals surface area contributed by atoms with Gasteiger partial charge in [-0.15, -0.1) is 0 Å². The minimum absolute atomic E-state index is 0.0461. The second-order valence-corrected chi connectivity index (χ2v) is 9.82. The van der Waals surface area contributed by atoms with Gasteiger partial charge in [0, 0.05) is 11.8 Å². The maximum absolute atomic E-state index is 10.3. The Morgan fingerprint density at radius 1 is 0.833 bits per heavy atom. The molecule has 188 valence electrons. The second kappa shape index (κ2) is 11.3. The Hall–Kier alpha value is -3.72. The second-order valence-electron chi connectivity index (χ2n) is 9.82. The van der Waals surface area contributed by atoms with Crippen molar-refractivity contribution in [3.05, 3.63) is 129 Å². The average Bonchev–Trinajstić information content (AvgIpc) is 2.85. The number of benzene rings is 3. The van der Waals surface area contributed by atoms with Crippen LogP contribution in [0.15, 0.2) is 90.2 Å². The van der Waals surface area contributed by atoms with Crippen molar-refractivity contribution >= 4 is 0 Å². The molecule has 0 saturated heterocycles. The monoisotopic (exact) mass is 482 g/mol. The lowest BCUT2D eigenvalue weighted by atomic mass is 9.75. The molecule has 0 spiro atoms. The van der Waals surface area contributed by atoms with E-state index in [0.717, 1.165) is 45.4 Å². The number of aliphatic hydroxyl groups excluding tert-OH is 1. The van der Waals surface area contributed by atoms with Gasteiger partial charge in [0.25, 0.3) is 0 Å². The minimum atomic E-state index is -0.0670. The van der Waals surface area contributed by atoms with Crippen LogP contribution in [0.25, 0.3) is 0 Å². The third kappa shape index (κ3) is 5.91. The maximum atomic E-state index is 10.3. The Morgan fingerprint density at radius 3 is 1.92 bits per heavy atom. The van der Waals surface area contributed by atoms with E-state index in [1.165, 1.54) is 11.1 Å². The molecule has 0 bridgehead atoms. The van der Waals surface area contributed by atoms with Crippen LogP contribution < -0.4 is 0 Å². The summed E-state index contributed by atoms with van der Waals surface area (Å²) in [6, 6.07) is 18.2. The number of aryl methyl sites for hydroxylation is 4. The standard InChI is InChI=1S/C33H38O3/c1-8-31(34)23(5)14-20(2)29(27-15-24(6)32(35)17-21(27)3)19-30(26-12-10-9-11-13-26)28-16-25(7)33(36)18-22(28)4/h8-18,29-30,34-36H,2,19H2,1,3-7H3/b23-14-,31-8+. The normalized spacial score (nSPS) is 13.9. The quantitative estimate of drug-likeness (QED) is 0.222. The molecule has 36 heavy (non-hydrogen) atoms. The van der Waals surface area contributed by atoms with Crippen LogP contribution in [0.2, 0.25) is 0 Å². The molecule has 3 aromatic carbocycles. The van der Waals surface area contributed by atoms with Gasteiger partial charge in [-0.3, -0.25) is 0 Å². The molecule has 3 N–H and O–H groups in total. The predicted octanol–water partition coefficient (Wildman–Crippen LogP) is 8.60. The highest BCUT2D eigenvalue weighted by Gasteiger charge is 2.26. The smallest absolute Gasteiger partial charge is 0.118 e. The molecule has 0 aliphatic heterocycles. The Bertz CT molecular complexity index is 1310. The summed E-state index contributed by atoms with van der Waals surface area (Å²) < 4.78 is 0. The minimum Gasteiger partial charge on any atom is -0.508 e. The molecule has 0 aliphatic rings. The number of aliphatic hydroxyl groups is 1. The van der Waals surface area contributed by atoms with Crippen molar-refractivity contribution in [3.8, 4) is 11.5 Å². The van der Waals surface area contributed by atoms with Crippen LogP contribution in [-0.2, 0) is 0 Å². The van der Waals surface area contributed by atoms with Crippen molar-refractivity contribution in [1.29, 1.82) is 0 Å². The van der Waals surface area contributed by atoms with Crippen LogP contribution in [0.3, 0.4) is 0 Å². The van der Waals surface area contributed by atoms with Gasteiger partial charge in [0.05, 0.1) is 0 Å². The number of phenols is 2. The lowest BCUT2D eigenvalue weighted by molar-refractivity contribution is 0.422. The van der Waals surface area contributed by atoms with E-state index >= 15 is 0 Å². The zero-order valence-electron chi connectivity index (χ0n) is 22.3. The fourth-order valence-electron chi connectivity index (χ4n) is 4.92. The summed E-state index contributed by atoms with van der Waals surface area (Å²) in [5, 5.41) is 30.9. The van der Waals surface area contributed by atoms with E-state index in [4.69, 9.17) is 0 Å². The Labute approximate surface area is 215 Å². The van der Waals surface area contributed by atoms with Crippen LogP contribution >= 0.6 is 0 Å². The number of hydrogen-bond acceptors (Lipinski definition) is 3. The SMILES string of the molecule is C=C(/C=C(C)\C(O)=C/C)C(CC(c1ccccc1)c1cc(C)c(O)cc1C)c1cc(C)c(O)cc1C. The molecule has 3 aromatic rings. The van der Waals surface area contributed by atoms with Crippen LogP contribution in [0.1, 0.15) is 71.0 Å². The molecule has 3 heteroatoms. The Kier molecular flexibility index (Phi) is 8.47.